The van der Waals surface area contributed by atoms with Gasteiger partial charge in [-0.3, -0.25) is 0 Å². The van der Waals surface area contributed by atoms with Crippen LogP contribution in [-0.4, -0.2) is 32.1 Å². The van der Waals surface area contributed by atoms with Gasteiger partial charge in [-0.2, -0.15) is 0 Å². The van der Waals surface area contributed by atoms with E-state index in [0.717, 1.165) is 23.0 Å². The molecule has 0 N–H and O–H groups in total. The molecule has 0 radical (unpaired) electrons. The number of ether oxygens (including phenoxy) is 1. The normalized spacial score (nSPS) is 9.40. The molecule has 0 aliphatic heterocycles. The van der Waals surface area contributed by atoms with E-state index in [1.54, 1.807) is 0 Å². The predicted molar refractivity (Wildman–Crippen MR) is 50.0 cm³/mol. The minimum absolute atomic E-state index is 0.774. The SMILES string of the molecule is CCOC(=[Se])CCCCBr. The van der Waals surface area contributed by atoms with E-state index in [1.807, 2.05) is 6.92 Å². The fourth-order valence-corrected chi connectivity index (χ4v) is 1.54. The van der Waals surface area contributed by atoms with Gasteiger partial charge in [0.15, 0.2) is 0 Å². The Balaban J connectivity index is 3.05. The van der Waals surface area contributed by atoms with Crippen LogP contribution in [-0.2, 0) is 4.74 Å². The third-order valence-electron chi connectivity index (χ3n) is 1.07. The molecular formula is C7H13BrOSe. The first-order chi connectivity index (χ1) is 4.81. The number of rotatable bonds is 6. The second kappa shape index (κ2) is 7.77. The molecule has 0 aliphatic rings. The van der Waals surface area contributed by atoms with E-state index in [9.17, 15) is 0 Å². The van der Waals surface area contributed by atoms with Gasteiger partial charge in [-0.05, 0) is 0 Å². The van der Waals surface area contributed by atoms with E-state index in [-0.39, 0.29) is 0 Å². The fraction of sp³-hybridized carbons (Fsp3) is 0.857. The van der Waals surface area contributed by atoms with E-state index in [4.69, 9.17) is 4.74 Å². The molecule has 1 nitrogen and oxygen atoms in total. The standard InChI is InChI=1S/C7H13BrOSe/c1-2-9-7(10)5-3-4-6-8/h2-6H2,1H3. The van der Waals surface area contributed by atoms with Gasteiger partial charge in [-0.25, -0.2) is 0 Å². The van der Waals surface area contributed by atoms with Gasteiger partial charge >= 0.3 is 79.0 Å². The summed E-state index contributed by atoms with van der Waals surface area (Å²) < 4.78 is 6.28. The summed E-state index contributed by atoms with van der Waals surface area (Å²) in [4.78, 5) is 0. The van der Waals surface area contributed by atoms with Crippen LogP contribution < -0.4 is 0 Å². The van der Waals surface area contributed by atoms with Gasteiger partial charge in [-0.15, -0.1) is 0 Å². The summed E-state index contributed by atoms with van der Waals surface area (Å²) in [5.41, 5.74) is 0. The van der Waals surface area contributed by atoms with E-state index < -0.39 is 0 Å². The van der Waals surface area contributed by atoms with Crippen molar-refractivity contribution in [2.45, 2.75) is 26.2 Å². The molecule has 0 rings (SSSR count). The quantitative estimate of drug-likeness (QED) is 0.407. The van der Waals surface area contributed by atoms with Crippen LogP contribution in [0.15, 0.2) is 0 Å². The molecule has 0 aromatic heterocycles. The summed E-state index contributed by atoms with van der Waals surface area (Å²) in [5.74, 6) is 0. The summed E-state index contributed by atoms with van der Waals surface area (Å²) >= 11 is 6.29. The number of halogens is 1. The van der Waals surface area contributed by atoms with Crippen LogP contribution in [0.2, 0.25) is 0 Å². The van der Waals surface area contributed by atoms with Gasteiger partial charge in [0.25, 0.3) is 0 Å². The van der Waals surface area contributed by atoms with Crippen LogP contribution in [0.4, 0.5) is 0 Å². The maximum absolute atomic E-state index is 5.23. The molecule has 0 heterocycles. The van der Waals surface area contributed by atoms with Crippen LogP contribution in [0.1, 0.15) is 26.2 Å². The van der Waals surface area contributed by atoms with Crippen molar-refractivity contribution >= 4 is 36.1 Å². The van der Waals surface area contributed by atoms with Crippen LogP contribution in [0.5, 0.6) is 0 Å². The van der Waals surface area contributed by atoms with Crippen molar-refractivity contribution in [1.82, 2.24) is 0 Å². The molecule has 0 aliphatic carbocycles. The van der Waals surface area contributed by atoms with Crippen molar-refractivity contribution in [2.75, 3.05) is 11.9 Å². The van der Waals surface area contributed by atoms with Gasteiger partial charge in [0.05, 0.1) is 0 Å². The van der Waals surface area contributed by atoms with Gasteiger partial charge < -0.3 is 0 Å². The first-order valence-electron chi connectivity index (χ1n) is 3.52. The average Bonchev–Trinajstić information content (AvgIpc) is 1.89. The Bertz CT molecular complexity index is 95.6. The summed E-state index contributed by atoms with van der Waals surface area (Å²) in [6, 6.07) is 0. The molecule has 0 spiro atoms. The van der Waals surface area contributed by atoms with Crippen molar-refractivity contribution in [3.05, 3.63) is 0 Å². The Hall–Kier alpha value is 0.669. The maximum atomic E-state index is 5.23. The Morgan fingerprint density at radius 1 is 1.50 bits per heavy atom. The molecule has 3 heteroatoms. The van der Waals surface area contributed by atoms with E-state index in [0.29, 0.717) is 0 Å². The van der Waals surface area contributed by atoms with Gasteiger partial charge in [-0.1, -0.05) is 0 Å². The topological polar surface area (TPSA) is 9.23 Å². The number of alkyl halides is 1. The van der Waals surface area contributed by atoms with Crippen molar-refractivity contribution in [2.24, 2.45) is 0 Å². The summed E-state index contributed by atoms with van der Waals surface area (Å²) in [7, 11) is 0. The van der Waals surface area contributed by atoms with Crippen molar-refractivity contribution in [1.29, 1.82) is 0 Å². The molecule has 0 unspecified atom stereocenters. The molecule has 0 saturated carbocycles. The minimum atomic E-state index is 0.774. The van der Waals surface area contributed by atoms with E-state index >= 15 is 0 Å². The molecule has 0 amide bonds. The predicted octanol–water partition coefficient (Wildman–Crippen LogP) is 1.89. The third-order valence-corrected chi connectivity index (χ3v) is 2.31. The number of hydrogen-bond acceptors (Lipinski definition) is 1. The van der Waals surface area contributed by atoms with Crippen molar-refractivity contribution < 1.29 is 4.74 Å². The van der Waals surface area contributed by atoms with Crippen LogP contribution in [0.3, 0.4) is 0 Å². The monoisotopic (exact) mass is 272 g/mol. The average molecular weight is 272 g/mol. The summed E-state index contributed by atoms with van der Waals surface area (Å²) in [6.07, 6.45) is 3.48. The third kappa shape index (κ3) is 6.78. The van der Waals surface area contributed by atoms with Gasteiger partial charge in [0.2, 0.25) is 0 Å². The van der Waals surface area contributed by atoms with E-state index in [2.05, 4.69) is 31.5 Å². The first-order valence-corrected chi connectivity index (χ1v) is 5.50. The number of unbranched alkanes of at least 4 members (excludes halogenated alkanes) is 1. The van der Waals surface area contributed by atoms with Crippen molar-refractivity contribution in [3.8, 4) is 0 Å². The Morgan fingerprint density at radius 2 is 2.20 bits per heavy atom. The first kappa shape index (κ1) is 10.7. The number of hydrogen-bond donors (Lipinski definition) is 0. The summed E-state index contributed by atoms with van der Waals surface area (Å²) in [5, 5.41) is 1.09. The van der Waals surface area contributed by atoms with Crippen LogP contribution in [0, 0.1) is 0 Å². The fourth-order valence-electron chi connectivity index (χ4n) is 0.597. The Labute approximate surface area is 79.0 Å². The van der Waals surface area contributed by atoms with E-state index in [1.165, 1.54) is 12.8 Å². The van der Waals surface area contributed by atoms with Crippen LogP contribution in [0.25, 0.3) is 0 Å². The van der Waals surface area contributed by atoms with Gasteiger partial charge in [0, 0.05) is 0 Å². The molecule has 0 atom stereocenters. The Kier molecular flexibility index (Phi) is 8.29. The van der Waals surface area contributed by atoms with Crippen LogP contribution >= 0.6 is 15.9 Å². The zero-order valence-electron chi connectivity index (χ0n) is 6.23. The second-order valence-electron chi connectivity index (χ2n) is 1.95. The Morgan fingerprint density at radius 3 is 2.70 bits per heavy atom. The molecule has 0 aromatic rings. The molecule has 10 heavy (non-hydrogen) atoms. The molecule has 0 bridgehead atoms. The molecule has 0 saturated heterocycles. The summed E-state index contributed by atoms with van der Waals surface area (Å²) in [6.45, 7) is 2.78. The molecular weight excluding hydrogens is 259 g/mol. The second-order valence-corrected chi connectivity index (χ2v) is 3.70. The van der Waals surface area contributed by atoms with Crippen molar-refractivity contribution in [3.63, 3.8) is 0 Å². The zero-order chi connectivity index (χ0) is 7.82. The zero-order valence-corrected chi connectivity index (χ0v) is 9.53. The molecule has 60 valence electrons. The molecule has 0 aromatic carbocycles. The van der Waals surface area contributed by atoms with Gasteiger partial charge in [0.1, 0.15) is 0 Å². The molecule has 0 fully saturated rings.